The lowest BCUT2D eigenvalue weighted by Gasteiger charge is -2.38. The zero-order valence-corrected chi connectivity index (χ0v) is 20.9. The van der Waals surface area contributed by atoms with E-state index in [9.17, 15) is 8.78 Å². The Balaban J connectivity index is 1.55. The Kier molecular flexibility index (Phi) is 5.91. The van der Waals surface area contributed by atoms with Crippen LogP contribution in [0.4, 0.5) is 8.78 Å². The third-order valence-corrected chi connectivity index (χ3v) is 11.5. The summed E-state index contributed by atoms with van der Waals surface area (Å²) in [5.74, 6) is -1.78. The standard InChI is InChI=1S/C27H38F2NSi/c1-20-18-23(26(2)12-14-27(28,29)15-13-26)7-8-24(20)25-9-6-22(19-30(25)3)21-10-16-31(4,5)17-11-21/h6-9,18-19,21H,10-17H2,1-5H3/q+1. The predicted octanol–water partition coefficient (Wildman–Crippen LogP) is 7.54. The molecule has 4 rings (SSSR count). The van der Waals surface area contributed by atoms with Crippen molar-refractivity contribution in [3.63, 3.8) is 0 Å². The maximum Gasteiger partial charge on any atom is 0.248 e. The molecule has 0 bridgehead atoms. The molecule has 1 aliphatic heterocycles. The Morgan fingerprint density at radius 2 is 1.61 bits per heavy atom. The summed E-state index contributed by atoms with van der Waals surface area (Å²) in [6, 6.07) is 14.1. The van der Waals surface area contributed by atoms with Crippen molar-refractivity contribution >= 4 is 8.07 Å². The van der Waals surface area contributed by atoms with Gasteiger partial charge < -0.3 is 0 Å². The minimum absolute atomic E-state index is 0.00155. The summed E-state index contributed by atoms with van der Waals surface area (Å²) in [5.41, 5.74) is 6.22. The molecule has 31 heavy (non-hydrogen) atoms. The molecule has 2 fully saturated rings. The van der Waals surface area contributed by atoms with Crippen LogP contribution in [-0.2, 0) is 12.5 Å². The lowest BCUT2D eigenvalue weighted by atomic mass is 9.69. The van der Waals surface area contributed by atoms with Crippen molar-refractivity contribution in [2.45, 2.75) is 94.8 Å². The molecule has 1 aromatic carbocycles. The molecule has 1 aromatic heterocycles. The second-order valence-electron chi connectivity index (χ2n) is 11.3. The number of nitrogens with zero attached hydrogens (tertiary/aromatic N) is 1. The Labute approximate surface area is 187 Å². The Bertz CT molecular complexity index is 946. The van der Waals surface area contributed by atoms with Gasteiger partial charge in [0.25, 0.3) is 0 Å². The van der Waals surface area contributed by atoms with Crippen molar-refractivity contribution in [3.8, 4) is 11.3 Å². The molecule has 1 aliphatic carbocycles. The van der Waals surface area contributed by atoms with Gasteiger partial charge in [-0.05, 0) is 67.2 Å². The number of aryl methyl sites for hydroxylation is 2. The van der Waals surface area contributed by atoms with E-state index < -0.39 is 14.0 Å². The monoisotopic (exact) mass is 442 g/mol. The second kappa shape index (κ2) is 8.10. The van der Waals surface area contributed by atoms with E-state index in [1.165, 1.54) is 52.9 Å². The van der Waals surface area contributed by atoms with E-state index in [1.54, 1.807) is 0 Å². The average molecular weight is 443 g/mol. The molecule has 2 aliphatic rings. The number of alkyl halides is 2. The highest BCUT2D eigenvalue weighted by molar-refractivity contribution is 6.77. The Morgan fingerprint density at radius 1 is 0.968 bits per heavy atom. The van der Waals surface area contributed by atoms with Gasteiger partial charge in [0, 0.05) is 38.1 Å². The molecular formula is C27H38F2NSi+. The summed E-state index contributed by atoms with van der Waals surface area (Å²) in [7, 11) is 1.22. The first-order valence-electron chi connectivity index (χ1n) is 12.0. The summed E-state index contributed by atoms with van der Waals surface area (Å²) in [5, 5.41) is 0. The minimum atomic E-state index is -2.49. The van der Waals surface area contributed by atoms with Gasteiger partial charge in [0.2, 0.25) is 11.6 Å². The van der Waals surface area contributed by atoms with E-state index in [-0.39, 0.29) is 18.3 Å². The number of rotatable bonds is 3. The van der Waals surface area contributed by atoms with Crippen molar-refractivity contribution in [3.05, 3.63) is 53.2 Å². The third-order valence-electron chi connectivity index (χ3n) is 8.25. The quantitative estimate of drug-likeness (QED) is 0.341. The normalized spacial score (nSPS) is 22.9. The molecule has 0 unspecified atom stereocenters. The van der Waals surface area contributed by atoms with Crippen LogP contribution in [0.15, 0.2) is 36.5 Å². The van der Waals surface area contributed by atoms with Gasteiger partial charge >= 0.3 is 0 Å². The molecule has 0 spiro atoms. The van der Waals surface area contributed by atoms with Gasteiger partial charge in [-0.2, -0.15) is 0 Å². The van der Waals surface area contributed by atoms with Crippen LogP contribution in [0.25, 0.3) is 11.3 Å². The molecule has 2 heterocycles. The molecule has 2 aromatic rings. The molecule has 168 valence electrons. The summed E-state index contributed by atoms with van der Waals surface area (Å²) in [6.07, 6.45) is 6.12. The summed E-state index contributed by atoms with van der Waals surface area (Å²) in [6.45, 7) is 9.36. The smallest absolute Gasteiger partial charge is 0.207 e. The van der Waals surface area contributed by atoms with Crippen LogP contribution in [-0.4, -0.2) is 14.0 Å². The number of halogens is 2. The van der Waals surface area contributed by atoms with Crippen molar-refractivity contribution in [1.29, 1.82) is 0 Å². The lowest BCUT2D eigenvalue weighted by molar-refractivity contribution is -0.660. The SMILES string of the molecule is Cc1cc(C2(C)CCC(F)(F)CC2)ccc1-c1ccc(C2CC[Si](C)(C)CC2)c[n+]1C. The third kappa shape index (κ3) is 4.79. The second-order valence-corrected chi connectivity index (χ2v) is 16.7. The first kappa shape index (κ1) is 22.6. The van der Waals surface area contributed by atoms with E-state index >= 15 is 0 Å². The molecule has 1 saturated heterocycles. The first-order chi connectivity index (χ1) is 14.5. The number of hydrogen-bond donors (Lipinski definition) is 0. The highest BCUT2D eigenvalue weighted by Gasteiger charge is 2.41. The number of hydrogen-bond acceptors (Lipinski definition) is 0. The molecular weight excluding hydrogens is 404 g/mol. The molecule has 0 amide bonds. The molecule has 4 heteroatoms. The maximum absolute atomic E-state index is 13.7. The van der Waals surface area contributed by atoms with E-state index in [0.717, 1.165) is 0 Å². The van der Waals surface area contributed by atoms with Gasteiger partial charge in [-0.3, -0.25) is 0 Å². The predicted molar refractivity (Wildman–Crippen MR) is 128 cm³/mol. The van der Waals surface area contributed by atoms with Crippen LogP contribution < -0.4 is 4.57 Å². The van der Waals surface area contributed by atoms with Gasteiger partial charge in [-0.15, -0.1) is 0 Å². The van der Waals surface area contributed by atoms with Crippen LogP contribution in [0.5, 0.6) is 0 Å². The fourth-order valence-corrected chi connectivity index (χ4v) is 8.18. The van der Waals surface area contributed by atoms with Crippen LogP contribution >= 0.6 is 0 Å². The molecule has 0 N–H and O–H groups in total. The largest absolute Gasteiger partial charge is 0.248 e. The summed E-state index contributed by atoms with van der Waals surface area (Å²) >= 11 is 0. The van der Waals surface area contributed by atoms with Crippen molar-refractivity contribution in [1.82, 2.24) is 0 Å². The Morgan fingerprint density at radius 3 is 2.19 bits per heavy atom. The van der Waals surface area contributed by atoms with Crippen molar-refractivity contribution < 1.29 is 13.3 Å². The number of benzene rings is 1. The topological polar surface area (TPSA) is 3.88 Å². The summed E-state index contributed by atoms with van der Waals surface area (Å²) < 4.78 is 29.6. The van der Waals surface area contributed by atoms with Crippen LogP contribution in [0.1, 0.15) is 68.1 Å². The summed E-state index contributed by atoms with van der Waals surface area (Å²) in [4.78, 5) is 0. The van der Waals surface area contributed by atoms with E-state index in [4.69, 9.17) is 0 Å². The maximum atomic E-state index is 13.7. The lowest BCUT2D eigenvalue weighted by Crippen LogP contribution is -2.34. The van der Waals surface area contributed by atoms with Gasteiger partial charge in [0.15, 0.2) is 6.20 Å². The first-order valence-corrected chi connectivity index (χ1v) is 15.4. The zero-order valence-electron chi connectivity index (χ0n) is 19.9. The Hall–Kier alpha value is -1.55. The zero-order chi connectivity index (χ0) is 22.4. The van der Waals surface area contributed by atoms with Crippen LogP contribution in [0, 0.1) is 6.92 Å². The van der Waals surface area contributed by atoms with Crippen molar-refractivity contribution in [2.75, 3.05) is 0 Å². The molecule has 0 atom stereocenters. The van der Waals surface area contributed by atoms with Crippen molar-refractivity contribution in [2.24, 2.45) is 7.05 Å². The molecule has 1 saturated carbocycles. The minimum Gasteiger partial charge on any atom is -0.207 e. The van der Waals surface area contributed by atoms with Gasteiger partial charge in [0.1, 0.15) is 7.05 Å². The van der Waals surface area contributed by atoms with Crippen LogP contribution in [0.2, 0.25) is 25.2 Å². The highest BCUT2D eigenvalue weighted by atomic mass is 28.3. The van der Waals surface area contributed by atoms with Gasteiger partial charge in [0.05, 0.1) is 0 Å². The van der Waals surface area contributed by atoms with Gasteiger partial charge in [-0.1, -0.05) is 44.2 Å². The van der Waals surface area contributed by atoms with E-state index in [1.807, 2.05) is 0 Å². The molecule has 1 nitrogen and oxygen atoms in total. The molecule has 0 radical (unpaired) electrons. The fraction of sp³-hybridized carbons (Fsp3) is 0.593. The van der Waals surface area contributed by atoms with Crippen LogP contribution in [0.3, 0.4) is 0 Å². The number of pyridine rings is 1. The highest BCUT2D eigenvalue weighted by Crippen LogP contribution is 2.45. The fourth-order valence-electron chi connectivity index (χ4n) is 5.67. The number of aromatic nitrogens is 1. The average Bonchev–Trinajstić information content (AvgIpc) is 2.71. The van der Waals surface area contributed by atoms with E-state index in [0.29, 0.717) is 18.8 Å². The van der Waals surface area contributed by atoms with Gasteiger partial charge in [-0.25, -0.2) is 13.3 Å². The van der Waals surface area contributed by atoms with E-state index in [2.05, 4.69) is 75.1 Å².